The van der Waals surface area contributed by atoms with Crippen LogP contribution in [0.3, 0.4) is 0 Å². The Labute approximate surface area is 118 Å². The fourth-order valence-electron chi connectivity index (χ4n) is 2.78. The Kier molecular flexibility index (Phi) is 3.08. The number of benzene rings is 1. The first kappa shape index (κ1) is 12.9. The lowest BCUT2D eigenvalue weighted by atomic mass is 9.74. The van der Waals surface area contributed by atoms with Gasteiger partial charge in [0.25, 0.3) is 0 Å². The molecule has 1 unspecified atom stereocenters. The number of aromatic nitrogens is 2. The van der Waals surface area contributed by atoms with Gasteiger partial charge < -0.3 is 4.74 Å². The Morgan fingerprint density at radius 3 is 2.80 bits per heavy atom. The van der Waals surface area contributed by atoms with Crippen LogP contribution in [0.15, 0.2) is 30.5 Å². The maximum Gasteiger partial charge on any atom is 0.192 e. The molecule has 0 spiro atoms. The van der Waals surface area contributed by atoms with E-state index in [9.17, 15) is 4.79 Å². The molecule has 2 aromatic rings. The lowest BCUT2D eigenvalue weighted by Crippen LogP contribution is -2.27. The summed E-state index contributed by atoms with van der Waals surface area (Å²) in [6.45, 7) is 4.02. The minimum atomic E-state index is -0.0608. The van der Waals surface area contributed by atoms with E-state index in [-0.39, 0.29) is 17.7 Å². The SMILES string of the molecule is COc1cnn(C(C)C)c1C(=O)C1Cc2ccccc21. The monoisotopic (exact) mass is 270 g/mol. The molecule has 1 atom stereocenters. The van der Waals surface area contributed by atoms with E-state index < -0.39 is 0 Å². The highest BCUT2D eigenvalue weighted by Crippen LogP contribution is 2.39. The molecule has 1 aliphatic rings. The van der Waals surface area contributed by atoms with Crippen molar-refractivity contribution in [2.24, 2.45) is 0 Å². The molecule has 3 rings (SSSR count). The summed E-state index contributed by atoms with van der Waals surface area (Å²) >= 11 is 0. The first-order valence-corrected chi connectivity index (χ1v) is 6.87. The lowest BCUT2D eigenvalue weighted by molar-refractivity contribution is 0.0933. The zero-order valence-corrected chi connectivity index (χ0v) is 12.0. The van der Waals surface area contributed by atoms with Crippen LogP contribution in [0.2, 0.25) is 0 Å². The number of carbonyl (C=O) groups is 1. The maximum atomic E-state index is 12.8. The lowest BCUT2D eigenvalue weighted by Gasteiger charge is -2.29. The van der Waals surface area contributed by atoms with Gasteiger partial charge in [-0.25, -0.2) is 0 Å². The molecule has 0 radical (unpaired) electrons. The molecule has 4 nitrogen and oxygen atoms in total. The van der Waals surface area contributed by atoms with Gasteiger partial charge in [-0.05, 0) is 31.4 Å². The van der Waals surface area contributed by atoms with Gasteiger partial charge in [0.15, 0.2) is 11.5 Å². The largest absolute Gasteiger partial charge is 0.493 e. The highest BCUT2D eigenvalue weighted by Gasteiger charge is 2.36. The number of fused-ring (bicyclic) bond motifs is 1. The van der Waals surface area contributed by atoms with Gasteiger partial charge in [-0.2, -0.15) is 5.10 Å². The van der Waals surface area contributed by atoms with Crippen molar-refractivity contribution in [3.8, 4) is 5.75 Å². The second-order valence-corrected chi connectivity index (χ2v) is 5.42. The second kappa shape index (κ2) is 4.78. The van der Waals surface area contributed by atoms with E-state index in [0.717, 1.165) is 12.0 Å². The number of methoxy groups -OCH3 is 1. The third-order valence-electron chi connectivity index (χ3n) is 3.88. The van der Waals surface area contributed by atoms with Crippen LogP contribution in [0.1, 0.15) is 47.4 Å². The van der Waals surface area contributed by atoms with Gasteiger partial charge >= 0.3 is 0 Å². The van der Waals surface area contributed by atoms with Crippen LogP contribution in [-0.2, 0) is 6.42 Å². The number of hydrogen-bond acceptors (Lipinski definition) is 3. The highest BCUT2D eigenvalue weighted by molar-refractivity contribution is 6.03. The van der Waals surface area contributed by atoms with Crippen LogP contribution in [-0.4, -0.2) is 22.7 Å². The Balaban J connectivity index is 1.98. The number of Topliss-reactive ketones (excluding diaryl/α,β-unsaturated/α-hetero) is 1. The zero-order chi connectivity index (χ0) is 14.3. The summed E-state index contributed by atoms with van der Waals surface area (Å²) < 4.78 is 7.05. The summed E-state index contributed by atoms with van der Waals surface area (Å²) in [5.74, 6) is 0.606. The fourth-order valence-corrected chi connectivity index (χ4v) is 2.78. The van der Waals surface area contributed by atoms with E-state index in [2.05, 4.69) is 11.2 Å². The first-order valence-electron chi connectivity index (χ1n) is 6.87. The van der Waals surface area contributed by atoms with Gasteiger partial charge in [0, 0.05) is 6.04 Å². The molecule has 4 heteroatoms. The van der Waals surface area contributed by atoms with Crippen molar-refractivity contribution in [3.05, 3.63) is 47.3 Å². The van der Waals surface area contributed by atoms with E-state index in [1.165, 1.54) is 5.56 Å². The molecule has 0 saturated heterocycles. The third-order valence-corrected chi connectivity index (χ3v) is 3.88. The molecular formula is C16H18N2O2. The van der Waals surface area contributed by atoms with E-state index in [4.69, 9.17) is 4.74 Å². The minimum absolute atomic E-state index is 0.0608. The summed E-state index contributed by atoms with van der Waals surface area (Å²) in [7, 11) is 1.58. The Morgan fingerprint density at radius 2 is 2.15 bits per heavy atom. The van der Waals surface area contributed by atoms with Crippen LogP contribution in [0, 0.1) is 0 Å². The van der Waals surface area contributed by atoms with E-state index in [1.807, 2.05) is 32.0 Å². The molecule has 0 aliphatic heterocycles. The maximum absolute atomic E-state index is 12.8. The molecule has 1 heterocycles. The number of ketones is 1. The topological polar surface area (TPSA) is 44.1 Å². The van der Waals surface area contributed by atoms with Crippen LogP contribution >= 0.6 is 0 Å². The number of rotatable bonds is 4. The van der Waals surface area contributed by atoms with Crippen LogP contribution in [0.25, 0.3) is 0 Å². The number of carbonyl (C=O) groups excluding carboxylic acids is 1. The average molecular weight is 270 g/mol. The molecule has 1 aromatic carbocycles. The van der Waals surface area contributed by atoms with Crippen molar-refractivity contribution in [1.29, 1.82) is 0 Å². The molecule has 0 amide bonds. The molecule has 1 aromatic heterocycles. The predicted molar refractivity (Wildman–Crippen MR) is 76.4 cm³/mol. The van der Waals surface area contributed by atoms with Gasteiger partial charge in [0.2, 0.25) is 0 Å². The number of hydrogen-bond donors (Lipinski definition) is 0. The van der Waals surface area contributed by atoms with Gasteiger partial charge in [-0.3, -0.25) is 9.48 Å². The fraction of sp³-hybridized carbons (Fsp3) is 0.375. The number of ether oxygens (including phenoxy) is 1. The van der Waals surface area contributed by atoms with Gasteiger partial charge in [0.1, 0.15) is 5.69 Å². The van der Waals surface area contributed by atoms with Crippen molar-refractivity contribution >= 4 is 5.78 Å². The normalized spacial score (nSPS) is 16.7. The zero-order valence-electron chi connectivity index (χ0n) is 12.0. The molecular weight excluding hydrogens is 252 g/mol. The van der Waals surface area contributed by atoms with Crippen molar-refractivity contribution in [2.75, 3.05) is 7.11 Å². The smallest absolute Gasteiger partial charge is 0.192 e. The van der Waals surface area contributed by atoms with Crippen LogP contribution < -0.4 is 4.74 Å². The highest BCUT2D eigenvalue weighted by atomic mass is 16.5. The standard InChI is InChI=1S/C16H18N2O2/c1-10(2)18-15(14(20-3)9-17-18)16(19)13-8-11-6-4-5-7-12(11)13/h4-7,9-10,13H,8H2,1-3H3. The molecule has 0 fully saturated rings. The van der Waals surface area contributed by atoms with Gasteiger partial charge in [0.05, 0.1) is 19.2 Å². The quantitative estimate of drug-likeness (QED) is 0.802. The Hall–Kier alpha value is -2.10. The van der Waals surface area contributed by atoms with Gasteiger partial charge in [-0.1, -0.05) is 24.3 Å². The van der Waals surface area contributed by atoms with Gasteiger partial charge in [-0.15, -0.1) is 0 Å². The summed E-state index contributed by atoms with van der Waals surface area (Å²) in [5.41, 5.74) is 2.98. The number of nitrogens with zero attached hydrogens (tertiary/aromatic N) is 2. The van der Waals surface area contributed by atoms with Crippen LogP contribution in [0.4, 0.5) is 0 Å². The molecule has 0 bridgehead atoms. The van der Waals surface area contributed by atoms with E-state index in [0.29, 0.717) is 11.4 Å². The molecule has 104 valence electrons. The minimum Gasteiger partial charge on any atom is -0.493 e. The molecule has 20 heavy (non-hydrogen) atoms. The predicted octanol–water partition coefficient (Wildman–Crippen LogP) is 3.00. The third kappa shape index (κ3) is 1.83. The Morgan fingerprint density at radius 1 is 1.40 bits per heavy atom. The van der Waals surface area contributed by atoms with Crippen molar-refractivity contribution < 1.29 is 9.53 Å². The van der Waals surface area contributed by atoms with Crippen molar-refractivity contribution in [2.45, 2.75) is 32.2 Å². The Bertz CT molecular complexity index is 658. The summed E-state index contributed by atoms with van der Waals surface area (Å²) in [6.07, 6.45) is 2.43. The summed E-state index contributed by atoms with van der Waals surface area (Å²) in [6, 6.07) is 8.24. The van der Waals surface area contributed by atoms with E-state index in [1.54, 1.807) is 18.0 Å². The summed E-state index contributed by atoms with van der Waals surface area (Å²) in [4.78, 5) is 12.8. The molecule has 0 N–H and O–H groups in total. The van der Waals surface area contributed by atoms with Crippen LogP contribution in [0.5, 0.6) is 5.75 Å². The molecule has 1 aliphatic carbocycles. The van der Waals surface area contributed by atoms with Crippen molar-refractivity contribution in [3.63, 3.8) is 0 Å². The first-order chi connectivity index (χ1) is 9.63. The second-order valence-electron chi connectivity index (χ2n) is 5.42. The average Bonchev–Trinajstić information content (AvgIpc) is 2.84. The van der Waals surface area contributed by atoms with Crippen molar-refractivity contribution in [1.82, 2.24) is 9.78 Å². The summed E-state index contributed by atoms with van der Waals surface area (Å²) in [5, 5.41) is 4.28. The molecule has 0 saturated carbocycles. The van der Waals surface area contributed by atoms with E-state index >= 15 is 0 Å².